The lowest BCUT2D eigenvalue weighted by molar-refractivity contribution is 0.0610. The summed E-state index contributed by atoms with van der Waals surface area (Å²) >= 11 is 3.48. The first-order chi connectivity index (χ1) is 13.2. The molecule has 154 valence electrons. The van der Waals surface area contributed by atoms with Crippen LogP contribution in [0.3, 0.4) is 0 Å². The van der Waals surface area contributed by atoms with Gasteiger partial charge in [0.05, 0.1) is 12.8 Å². The molecule has 0 amide bonds. The van der Waals surface area contributed by atoms with Crippen LogP contribution >= 0.6 is 39.9 Å². The van der Waals surface area contributed by atoms with E-state index < -0.39 is 0 Å². The minimum absolute atomic E-state index is 0. The number of hydrogen-bond donors (Lipinski definition) is 1. The van der Waals surface area contributed by atoms with Crippen LogP contribution < -0.4 is 5.32 Å². The van der Waals surface area contributed by atoms with E-state index in [0.717, 1.165) is 61.8 Å². The molecule has 1 saturated heterocycles. The standard InChI is InChI=1S/C21H28BrN3O2.HI/c1-25(16-18-9-13-26-14-10-18)21(23-11-8-20-3-2-12-27-20)24-15-17-4-6-19(22)7-5-17;/h2-7,12,18H,8-11,13-16H2,1H3,(H,23,24);1H. The lowest BCUT2D eigenvalue weighted by atomic mass is 10.00. The van der Waals surface area contributed by atoms with Crippen molar-refractivity contribution < 1.29 is 9.15 Å². The molecule has 0 bridgehead atoms. The summed E-state index contributed by atoms with van der Waals surface area (Å²) in [4.78, 5) is 7.11. The Morgan fingerprint density at radius 2 is 1.96 bits per heavy atom. The zero-order valence-electron chi connectivity index (χ0n) is 16.3. The quantitative estimate of drug-likeness (QED) is 0.302. The van der Waals surface area contributed by atoms with Crippen molar-refractivity contribution in [3.63, 3.8) is 0 Å². The van der Waals surface area contributed by atoms with Gasteiger partial charge in [-0.1, -0.05) is 28.1 Å². The molecule has 2 aromatic rings. The summed E-state index contributed by atoms with van der Waals surface area (Å²) in [7, 11) is 2.12. The van der Waals surface area contributed by atoms with Gasteiger partial charge in [-0.3, -0.25) is 0 Å². The normalized spacial score (nSPS) is 15.1. The second-order valence-electron chi connectivity index (χ2n) is 6.96. The lowest BCUT2D eigenvalue weighted by Gasteiger charge is -2.29. The van der Waals surface area contributed by atoms with E-state index in [-0.39, 0.29) is 24.0 Å². The van der Waals surface area contributed by atoms with Gasteiger partial charge < -0.3 is 19.4 Å². The minimum atomic E-state index is 0. The van der Waals surface area contributed by atoms with Crippen LogP contribution in [0.2, 0.25) is 0 Å². The molecule has 0 radical (unpaired) electrons. The summed E-state index contributed by atoms with van der Waals surface area (Å²) < 4.78 is 12.0. The molecule has 0 saturated carbocycles. The van der Waals surface area contributed by atoms with Crippen molar-refractivity contribution in [1.82, 2.24) is 10.2 Å². The Bertz CT molecular complexity index is 701. The van der Waals surface area contributed by atoms with Gasteiger partial charge in [-0.2, -0.15) is 0 Å². The van der Waals surface area contributed by atoms with E-state index in [2.05, 4.69) is 57.5 Å². The van der Waals surface area contributed by atoms with E-state index in [0.29, 0.717) is 12.5 Å². The summed E-state index contributed by atoms with van der Waals surface area (Å²) in [5, 5.41) is 3.50. The number of rotatable bonds is 7. The lowest BCUT2D eigenvalue weighted by Crippen LogP contribution is -2.43. The van der Waals surface area contributed by atoms with Gasteiger partial charge in [0.25, 0.3) is 0 Å². The number of aliphatic imine (C=N–C) groups is 1. The van der Waals surface area contributed by atoms with Crippen LogP contribution in [0, 0.1) is 5.92 Å². The monoisotopic (exact) mass is 561 g/mol. The summed E-state index contributed by atoms with van der Waals surface area (Å²) in [6, 6.07) is 12.3. The Morgan fingerprint density at radius 3 is 2.64 bits per heavy atom. The third kappa shape index (κ3) is 7.75. The molecule has 28 heavy (non-hydrogen) atoms. The van der Waals surface area contributed by atoms with Gasteiger partial charge >= 0.3 is 0 Å². The molecular weight excluding hydrogens is 533 g/mol. The SMILES string of the molecule is CN(CC1CCOCC1)C(=NCc1ccc(Br)cc1)NCCc1ccco1.I. The topological polar surface area (TPSA) is 50.0 Å². The van der Waals surface area contributed by atoms with Gasteiger partial charge in [-0.25, -0.2) is 4.99 Å². The minimum Gasteiger partial charge on any atom is -0.469 e. The maximum atomic E-state index is 5.48. The van der Waals surface area contributed by atoms with Gasteiger partial charge in [0.1, 0.15) is 5.76 Å². The van der Waals surface area contributed by atoms with Gasteiger partial charge in [0.2, 0.25) is 0 Å². The highest BCUT2D eigenvalue weighted by molar-refractivity contribution is 14.0. The first-order valence-electron chi connectivity index (χ1n) is 9.55. The molecule has 1 fully saturated rings. The van der Waals surface area contributed by atoms with Crippen molar-refractivity contribution in [2.45, 2.75) is 25.8 Å². The Balaban J connectivity index is 0.00000280. The average molecular weight is 562 g/mol. The van der Waals surface area contributed by atoms with Crippen LogP contribution in [0.5, 0.6) is 0 Å². The van der Waals surface area contributed by atoms with Crippen molar-refractivity contribution in [3.05, 3.63) is 58.5 Å². The molecule has 0 aliphatic carbocycles. The Kier molecular flexibility index (Phi) is 10.4. The molecule has 0 atom stereocenters. The smallest absolute Gasteiger partial charge is 0.194 e. The molecule has 1 N–H and O–H groups in total. The number of nitrogens with one attached hydrogen (secondary N) is 1. The number of halogens is 2. The number of ether oxygens (including phenoxy) is 1. The highest BCUT2D eigenvalue weighted by Gasteiger charge is 2.17. The molecule has 0 spiro atoms. The van der Waals surface area contributed by atoms with Crippen molar-refractivity contribution >= 4 is 45.9 Å². The van der Waals surface area contributed by atoms with E-state index >= 15 is 0 Å². The largest absolute Gasteiger partial charge is 0.469 e. The molecular formula is C21H29BrIN3O2. The molecule has 0 unspecified atom stereocenters. The zero-order valence-corrected chi connectivity index (χ0v) is 20.2. The fraction of sp³-hybridized carbons (Fsp3) is 0.476. The average Bonchev–Trinajstić information content (AvgIpc) is 3.20. The molecule has 7 heteroatoms. The van der Waals surface area contributed by atoms with Crippen molar-refractivity contribution in [1.29, 1.82) is 0 Å². The van der Waals surface area contributed by atoms with Gasteiger partial charge in [-0.05, 0) is 48.6 Å². The zero-order chi connectivity index (χ0) is 18.9. The molecule has 1 aliphatic heterocycles. The predicted octanol–water partition coefficient (Wildman–Crippen LogP) is 4.71. The van der Waals surface area contributed by atoms with E-state index in [1.807, 2.05) is 12.1 Å². The van der Waals surface area contributed by atoms with Crippen LogP contribution in [0.4, 0.5) is 0 Å². The summed E-state index contributed by atoms with van der Waals surface area (Å²) in [6.07, 6.45) is 4.80. The Hall–Kier alpha value is -1.06. The van der Waals surface area contributed by atoms with Crippen LogP contribution in [0.1, 0.15) is 24.2 Å². The van der Waals surface area contributed by atoms with Gasteiger partial charge in [-0.15, -0.1) is 24.0 Å². The number of hydrogen-bond acceptors (Lipinski definition) is 3. The fourth-order valence-corrected chi connectivity index (χ4v) is 3.49. The summed E-state index contributed by atoms with van der Waals surface area (Å²) in [5.74, 6) is 2.59. The highest BCUT2D eigenvalue weighted by atomic mass is 127. The molecule has 1 aromatic heterocycles. The third-order valence-electron chi connectivity index (χ3n) is 4.79. The molecule has 1 aliphatic rings. The molecule has 5 nitrogen and oxygen atoms in total. The molecule has 1 aromatic carbocycles. The number of nitrogens with zero attached hydrogens (tertiary/aromatic N) is 2. The maximum absolute atomic E-state index is 5.48. The Labute approximate surface area is 193 Å². The van der Waals surface area contributed by atoms with Gasteiger partial charge in [0, 0.05) is 44.2 Å². The van der Waals surface area contributed by atoms with Crippen molar-refractivity contribution in [3.8, 4) is 0 Å². The van der Waals surface area contributed by atoms with E-state index in [4.69, 9.17) is 14.1 Å². The highest BCUT2D eigenvalue weighted by Crippen LogP contribution is 2.16. The summed E-state index contributed by atoms with van der Waals surface area (Å²) in [6.45, 7) is 4.20. The fourth-order valence-electron chi connectivity index (χ4n) is 3.22. The second kappa shape index (κ2) is 12.5. The van der Waals surface area contributed by atoms with Crippen LogP contribution in [0.25, 0.3) is 0 Å². The van der Waals surface area contributed by atoms with Crippen LogP contribution in [-0.2, 0) is 17.7 Å². The van der Waals surface area contributed by atoms with E-state index in [9.17, 15) is 0 Å². The molecule has 2 heterocycles. The van der Waals surface area contributed by atoms with Crippen LogP contribution in [-0.4, -0.2) is 44.2 Å². The van der Waals surface area contributed by atoms with E-state index in [1.54, 1.807) is 6.26 Å². The maximum Gasteiger partial charge on any atom is 0.194 e. The predicted molar refractivity (Wildman–Crippen MR) is 127 cm³/mol. The van der Waals surface area contributed by atoms with Crippen molar-refractivity contribution in [2.24, 2.45) is 10.9 Å². The summed E-state index contributed by atoms with van der Waals surface area (Å²) in [5.41, 5.74) is 1.20. The first kappa shape index (κ1) is 23.2. The Morgan fingerprint density at radius 1 is 1.21 bits per heavy atom. The van der Waals surface area contributed by atoms with E-state index in [1.165, 1.54) is 5.56 Å². The number of benzene rings is 1. The number of guanidine groups is 1. The molecule has 3 rings (SSSR count). The third-order valence-corrected chi connectivity index (χ3v) is 5.32. The van der Waals surface area contributed by atoms with Crippen molar-refractivity contribution in [2.75, 3.05) is 33.4 Å². The first-order valence-corrected chi connectivity index (χ1v) is 10.3. The van der Waals surface area contributed by atoms with Crippen LogP contribution in [0.15, 0.2) is 56.5 Å². The second-order valence-corrected chi connectivity index (χ2v) is 7.87. The van der Waals surface area contributed by atoms with Gasteiger partial charge in [0.15, 0.2) is 5.96 Å². The number of furan rings is 1.